The summed E-state index contributed by atoms with van der Waals surface area (Å²) in [6, 6.07) is 16.3. The molecule has 0 spiro atoms. The predicted molar refractivity (Wildman–Crippen MR) is 125 cm³/mol. The average Bonchev–Trinajstić information content (AvgIpc) is 3.20. The largest absolute Gasteiger partial charge is 0.354 e. The van der Waals surface area contributed by atoms with Gasteiger partial charge in [0.1, 0.15) is 5.82 Å². The number of nitrogens with one attached hydrogen (secondary N) is 2. The van der Waals surface area contributed by atoms with E-state index in [4.69, 9.17) is 0 Å². The molecule has 170 valence electrons. The van der Waals surface area contributed by atoms with Crippen LogP contribution in [0.25, 0.3) is 0 Å². The Hall–Kier alpha value is -2.69. The van der Waals surface area contributed by atoms with Crippen LogP contribution in [0.1, 0.15) is 17.0 Å². The molecule has 0 fully saturated rings. The molecule has 0 bridgehead atoms. The molecule has 3 rings (SSSR count). The Bertz CT molecular complexity index is 1120. The molecule has 0 saturated heterocycles. The summed E-state index contributed by atoms with van der Waals surface area (Å²) in [7, 11) is -3.81. The molecule has 32 heavy (non-hydrogen) atoms. The van der Waals surface area contributed by atoms with E-state index in [1.54, 1.807) is 24.3 Å². The van der Waals surface area contributed by atoms with Crippen LogP contribution in [-0.2, 0) is 21.2 Å². The molecule has 0 radical (unpaired) electrons. The van der Waals surface area contributed by atoms with Crippen LogP contribution in [0.2, 0.25) is 0 Å². The minimum atomic E-state index is -3.81. The highest BCUT2D eigenvalue weighted by Gasteiger charge is 2.26. The van der Waals surface area contributed by atoms with Crippen LogP contribution in [0.4, 0.5) is 0 Å². The summed E-state index contributed by atoms with van der Waals surface area (Å²) in [5, 5.41) is 10.2. The van der Waals surface area contributed by atoms with Gasteiger partial charge in [0.05, 0.1) is 11.4 Å². The minimum absolute atomic E-state index is 0.180. The molecule has 0 atom stereocenters. The van der Waals surface area contributed by atoms with Crippen molar-refractivity contribution in [2.75, 3.05) is 25.4 Å². The Morgan fingerprint density at radius 2 is 1.81 bits per heavy atom. The summed E-state index contributed by atoms with van der Waals surface area (Å²) in [6.45, 7) is 4.06. The van der Waals surface area contributed by atoms with Crippen molar-refractivity contribution in [3.05, 3.63) is 71.5 Å². The van der Waals surface area contributed by atoms with Crippen molar-refractivity contribution in [2.45, 2.75) is 30.3 Å². The third-order valence-electron chi connectivity index (χ3n) is 4.70. The Kier molecular flexibility index (Phi) is 8.43. The normalized spacial score (nSPS) is 11.6. The molecule has 1 heterocycles. The highest BCUT2D eigenvalue weighted by molar-refractivity contribution is 7.99. The average molecular weight is 474 g/mol. The molecule has 2 N–H and O–H groups in total. The van der Waals surface area contributed by atoms with Gasteiger partial charge in [-0.25, -0.2) is 13.4 Å². The highest BCUT2D eigenvalue weighted by Crippen LogP contribution is 2.17. The second kappa shape index (κ2) is 11.3. The molecule has 8 nitrogen and oxygen atoms in total. The number of benzene rings is 2. The molecule has 3 aromatic rings. The van der Waals surface area contributed by atoms with Gasteiger partial charge >= 0.3 is 0 Å². The number of nitrogens with zero attached hydrogens (tertiary/aromatic N) is 3. The maximum Gasteiger partial charge on any atom is 0.243 e. The molecule has 0 aliphatic carbocycles. The lowest BCUT2D eigenvalue weighted by Gasteiger charge is -2.22. The lowest BCUT2D eigenvalue weighted by Crippen LogP contribution is -2.42. The summed E-state index contributed by atoms with van der Waals surface area (Å²) in [5.74, 6) is 0.963. The first kappa shape index (κ1) is 24.0. The fourth-order valence-electron chi connectivity index (χ4n) is 2.98. The molecule has 0 aliphatic heterocycles. The first-order chi connectivity index (χ1) is 15.3. The number of rotatable bonds is 11. The van der Waals surface area contributed by atoms with Crippen LogP contribution in [-0.4, -0.2) is 59.2 Å². The zero-order chi connectivity index (χ0) is 23.0. The lowest BCUT2D eigenvalue weighted by molar-refractivity contribution is -0.121. The number of aromatic amines is 1. The third-order valence-corrected chi connectivity index (χ3v) is 7.41. The van der Waals surface area contributed by atoms with Crippen LogP contribution in [0.15, 0.2) is 64.6 Å². The fraction of sp³-hybridized carbons (Fsp3) is 0.318. The van der Waals surface area contributed by atoms with Gasteiger partial charge in [0.25, 0.3) is 0 Å². The van der Waals surface area contributed by atoms with Crippen molar-refractivity contribution in [3.63, 3.8) is 0 Å². The van der Waals surface area contributed by atoms with E-state index in [0.717, 1.165) is 17.0 Å². The summed E-state index contributed by atoms with van der Waals surface area (Å²) in [5.41, 5.74) is 1.98. The van der Waals surface area contributed by atoms with E-state index in [0.29, 0.717) is 23.9 Å². The maximum absolute atomic E-state index is 13.2. The Morgan fingerprint density at radius 1 is 1.09 bits per heavy atom. The highest BCUT2D eigenvalue weighted by atomic mass is 32.2. The quantitative estimate of drug-likeness (QED) is 0.327. The van der Waals surface area contributed by atoms with Gasteiger partial charge in [0, 0.05) is 18.8 Å². The number of aromatic nitrogens is 3. The van der Waals surface area contributed by atoms with Crippen molar-refractivity contribution in [2.24, 2.45) is 0 Å². The van der Waals surface area contributed by atoms with Crippen LogP contribution in [0, 0.1) is 13.8 Å². The molecule has 2 aromatic carbocycles. The van der Waals surface area contributed by atoms with E-state index < -0.39 is 10.0 Å². The Balaban J connectivity index is 1.62. The van der Waals surface area contributed by atoms with E-state index in [-0.39, 0.29) is 23.9 Å². The van der Waals surface area contributed by atoms with E-state index in [1.165, 1.54) is 16.1 Å². The van der Waals surface area contributed by atoms with Gasteiger partial charge in [-0.3, -0.25) is 9.89 Å². The summed E-state index contributed by atoms with van der Waals surface area (Å²) < 4.78 is 27.7. The minimum Gasteiger partial charge on any atom is -0.354 e. The smallest absolute Gasteiger partial charge is 0.243 e. The topological polar surface area (TPSA) is 108 Å². The summed E-state index contributed by atoms with van der Waals surface area (Å²) in [4.78, 5) is 16.9. The van der Waals surface area contributed by atoms with Crippen LogP contribution >= 0.6 is 11.8 Å². The Labute approximate surface area is 192 Å². The lowest BCUT2D eigenvalue weighted by atomic mass is 10.1. The number of H-pyrrole nitrogens is 1. The van der Waals surface area contributed by atoms with Crippen molar-refractivity contribution < 1.29 is 13.2 Å². The van der Waals surface area contributed by atoms with Gasteiger partial charge in [-0.15, -0.1) is 5.10 Å². The molecule has 1 aromatic heterocycles. The van der Waals surface area contributed by atoms with Crippen molar-refractivity contribution in [3.8, 4) is 0 Å². The number of hydrogen-bond acceptors (Lipinski definition) is 6. The summed E-state index contributed by atoms with van der Waals surface area (Å²) in [6.07, 6.45) is 0.513. The zero-order valence-electron chi connectivity index (χ0n) is 18.1. The number of thioether (sulfide) groups is 1. The monoisotopic (exact) mass is 473 g/mol. The first-order valence-corrected chi connectivity index (χ1v) is 12.7. The standard InChI is InChI=1S/C22H27N5O3S2/c1-17-8-10-20(11-9-17)32(29,30)27(14-12-19-6-4-3-5-7-19)16-21(28)23-13-15-31-22-24-18(2)25-26-22/h3-11H,12-16H2,1-2H3,(H,23,28)(H,24,25,26). The maximum atomic E-state index is 13.2. The SMILES string of the molecule is Cc1ccc(S(=O)(=O)N(CCc2ccccc2)CC(=O)NCCSc2n[nH]c(C)n2)cc1. The van der Waals surface area contributed by atoms with Crippen molar-refractivity contribution in [1.82, 2.24) is 24.8 Å². The van der Waals surface area contributed by atoms with Gasteiger partial charge in [-0.1, -0.05) is 59.8 Å². The van der Waals surface area contributed by atoms with Gasteiger partial charge in [-0.05, 0) is 38.0 Å². The van der Waals surface area contributed by atoms with E-state index in [1.807, 2.05) is 44.2 Å². The van der Waals surface area contributed by atoms with Crippen LogP contribution < -0.4 is 5.32 Å². The van der Waals surface area contributed by atoms with Crippen LogP contribution in [0.5, 0.6) is 0 Å². The molecule has 0 saturated carbocycles. The first-order valence-electron chi connectivity index (χ1n) is 10.2. The molecule has 0 aliphatic rings. The number of amides is 1. The number of carbonyl (C=O) groups is 1. The molecular formula is C22H27N5O3S2. The Morgan fingerprint density at radius 3 is 2.47 bits per heavy atom. The van der Waals surface area contributed by atoms with Crippen molar-refractivity contribution >= 4 is 27.7 Å². The number of hydrogen-bond donors (Lipinski definition) is 2. The summed E-state index contributed by atoms with van der Waals surface area (Å²) >= 11 is 1.41. The van der Waals surface area contributed by atoms with Gasteiger partial charge in [-0.2, -0.15) is 4.31 Å². The number of sulfonamides is 1. The second-order valence-corrected chi connectivity index (χ2v) is 10.3. The van der Waals surface area contributed by atoms with Crippen molar-refractivity contribution in [1.29, 1.82) is 0 Å². The predicted octanol–water partition coefficient (Wildman–Crippen LogP) is 2.56. The fourth-order valence-corrected chi connectivity index (χ4v) is 5.07. The third kappa shape index (κ3) is 6.91. The second-order valence-electron chi connectivity index (χ2n) is 7.29. The zero-order valence-corrected chi connectivity index (χ0v) is 19.7. The van der Waals surface area contributed by atoms with Gasteiger partial charge < -0.3 is 5.32 Å². The molecule has 0 unspecified atom stereocenters. The number of aryl methyl sites for hydroxylation is 2. The molecular weight excluding hydrogens is 446 g/mol. The molecule has 1 amide bonds. The van der Waals surface area contributed by atoms with Crippen LogP contribution in [0.3, 0.4) is 0 Å². The van der Waals surface area contributed by atoms with Gasteiger partial charge in [0.15, 0.2) is 0 Å². The van der Waals surface area contributed by atoms with E-state index in [2.05, 4.69) is 20.5 Å². The number of carbonyl (C=O) groups excluding carboxylic acids is 1. The van der Waals surface area contributed by atoms with Gasteiger partial charge in [0.2, 0.25) is 21.1 Å². The van der Waals surface area contributed by atoms with E-state index >= 15 is 0 Å². The van der Waals surface area contributed by atoms with E-state index in [9.17, 15) is 13.2 Å². The molecule has 10 heteroatoms.